The number of nitrogens with zero attached hydrogens (tertiary/aromatic N) is 5. The van der Waals surface area contributed by atoms with Crippen LogP contribution in [0.2, 0.25) is 5.02 Å². The molecule has 0 atom stereocenters. The van der Waals surface area contributed by atoms with E-state index in [0.29, 0.717) is 22.3 Å². The summed E-state index contributed by atoms with van der Waals surface area (Å²) < 4.78 is 1.59. The SMILES string of the molecule is O=C(CN1CCC(C(=O)N2CCCCC2)CC1)Nc1cc(Cl)ccc1-n1cncn1. The lowest BCUT2D eigenvalue weighted by Crippen LogP contribution is -2.45. The molecule has 1 aromatic heterocycles. The predicted molar refractivity (Wildman–Crippen MR) is 115 cm³/mol. The smallest absolute Gasteiger partial charge is 0.238 e. The van der Waals surface area contributed by atoms with E-state index in [4.69, 9.17) is 11.6 Å². The standard InChI is InChI=1S/C21H27ClN6O2/c22-17-4-5-19(28-15-23-14-24-28)18(12-17)25-20(29)13-26-10-6-16(7-11-26)21(30)27-8-2-1-3-9-27/h4-5,12,14-16H,1-3,6-11,13H2,(H,25,29). The van der Waals surface area contributed by atoms with Gasteiger partial charge in [-0.2, -0.15) is 5.10 Å². The molecule has 2 amide bonds. The van der Waals surface area contributed by atoms with Crippen LogP contribution in [0.15, 0.2) is 30.9 Å². The molecule has 1 aromatic carbocycles. The second-order valence-corrected chi connectivity index (χ2v) is 8.42. The first kappa shape index (κ1) is 20.8. The summed E-state index contributed by atoms with van der Waals surface area (Å²) in [5.41, 5.74) is 1.30. The molecule has 0 unspecified atom stereocenters. The van der Waals surface area contributed by atoms with Crippen molar-refractivity contribution in [2.45, 2.75) is 32.1 Å². The maximum Gasteiger partial charge on any atom is 0.238 e. The van der Waals surface area contributed by atoms with Gasteiger partial charge in [-0.05, 0) is 63.4 Å². The fraction of sp³-hybridized carbons (Fsp3) is 0.524. The number of anilines is 1. The van der Waals surface area contributed by atoms with E-state index in [9.17, 15) is 9.59 Å². The van der Waals surface area contributed by atoms with E-state index in [0.717, 1.165) is 51.9 Å². The molecular weight excluding hydrogens is 404 g/mol. The maximum atomic E-state index is 12.7. The summed E-state index contributed by atoms with van der Waals surface area (Å²) in [5.74, 6) is 0.281. The Morgan fingerprint density at radius 1 is 1.10 bits per heavy atom. The molecule has 4 rings (SSSR count). The lowest BCUT2D eigenvalue weighted by Gasteiger charge is -2.35. The van der Waals surface area contributed by atoms with Crippen molar-refractivity contribution in [1.82, 2.24) is 24.6 Å². The van der Waals surface area contributed by atoms with E-state index >= 15 is 0 Å². The van der Waals surface area contributed by atoms with Crippen molar-refractivity contribution in [1.29, 1.82) is 0 Å². The predicted octanol–water partition coefficient (Wildman–Crippen LogP) is 2.58. The van der Waals surface area contributed by atoms with Gasteiger partial charge in [-0.3, -0.25) is 14.5 Å². The number of carbonyl (C=O) groups is 2. The number of benzene rings is 1. The number of likely N-dealkylation sites (tertiary alicyclic amines) is 2. The molecule has 1 N–H and O–H groups in total. The van der Waals surface area contributed by atoms with Gasteiger partial charge >= 0.3 is 0 Å². The first-order valence-electron chi connectivity index (χ1n) is 10.6. The molecule has 3 heterocycles. The Kier molecular flexibility index (Phi) is 6.64. The summed E-state index contributed by atoms with van der Waals surface area (Å²) in [6.07, 6.45) is 8.09. The second-order valence-electron chi connectivity index (χ2n) is 7.99. The minimum Gasteiger partial charge on any atom is -0.342 e. The first-order chi connectivity index (χ1) is 14.6. The van der Waals surface area contributed by atoms with E-state index in [-0.39, 0.29) is 18.4 Å². The van der Waals surface area contributed by atoms with Crippen LogP contribution in [0.4, 0.5) is 5.69 Å². The molecule has 160 valence electrons. The molecule has 2 aliphatic rings. The molecule has 2 aliphatic heterocycles. The molecule has 2 fully saturated rings. The molecule has 2 saturated heterocycles. The van der Waals surface area contributed by atoms with Gasteiger partial charge in [0.05, 0.1) is 17.9 Å². The molecule has 0 spiro atoms. The monoisotopic (exact) mass is 430 g/mol. The highest BCUT2D eigenvalue weighted by Crippen LogP contribution is 2.25. The zero-order chi connectivity index (χ0) is 20.9. The number of piperidine rings is 2. The number of nitrogens with one attached hydrogen (secondary N) is 1. The molecule has 0 saturated carbocycles. The number of aromatic nitrogens is 3. The van der Waals surface area contributed by atoms with E-state index in [1.165, 1.54) is 12.7 Å². The third kappa shape index (κ3) is 4.99. The molecule has 2 aromatic rings. The zero-order valence-electron chi connectivity index (χ0n) is 17.0. The summed E-state index contributed by atoms with van der Waals surface area (Å²) in [6, 6.07) is 5.25. The summed E-state index contributed by atoms with van der Waals surface area (Å²) in [5, 5.41) is 7.61. The highest BCUT2D eigenvalue weighted by molar-refractivity contribution is 6.31. The molecule has 0 radical (unpaired) electrons. The number of carbonyl (C=O) groups excluding carboxylic acids is 2. The van der Waals surface area contributed by atoms with Gasteiger partial charge in [0.2, 0.25) is 11.8 Å². The van der Waals surface area contributed by atoms with Crippen molar-refractivity contribution in [3.8, 4) is 5.69 Å². The third-order valence-corrected chi connectivity index (χ3v) is 6.11. The Labute approximate surface area is 181 Å². The van der Waals surface area contributed by atoms with Gasteiger partial charge in [0.15, 0.2) is 0 Å². The van der Waals surface area contributed by atoms with Crippen molar-refractivity contribution < 1.29 is 9.59 Å². The minimum absolute atomic E-state index is 0.0919. The van der Waals surface area contributed by atoms with Crippen LogP contribution in [0, 0.1) is 5.92 Å². The van der Waals surface area contributed by atoms with Crippen LogP contribution in [0.5, 0.6) is 0 Å². The average molecular weight is 431 g/mol. The molecular formula is C21H27ClN6O2. The normalized spacial score (nSPS) is 18.4. The largest absolute Gasteiger partial charge is 0.342 e. The van der Waals surface area contributed by atoms with Crippen molar-refractivity contribution in [3.63, 3.8) is 0 Å². The Hall–Kier alpha value is -2.45. The third-order valence-electron chi connectivity index (χ3n) is 5.87. The molecule has 0 aliphatic carbocycles. The van der Waals surface area contributed by atoms with Crippen molar-refractivity contribution in [3.05, 3.63) is 35.9 Å². The van der Waals surface area contributed by atoms with Crippen LogP contribution in [-0.2, 0) is 9.59 Å². The fourth-order valence-corrected chi connectivity index (χ4v) is 4.42. The van der Waals surface area contributed by atoms with Crippen LogP contribution in [-0.4, -0.2) is 69.1 Å². The molecule has 8 nitrogen and oxygen atoms in total. The van der Waals surface area contributed by atoms with Crippen molar-refractivity contribution in [2.75, 3.05) is 38.0 Å². The number of hydrogen-bond donors (Lipinski definition) is 1. The molecule has 0 bridgehead atoms. The number of halogens is 1. The number of rotatable bonds is 5. The number of amides is 2. The quantitative estimate of drug-likeness (QED) is 0.788. The second kappa shape index (κ2) is 9.57. The average Bonchev–Trinajstić information content (AvgIpc) is 3.29. The summed E-state index contributed by atoms with van der Waals surface area (Å²) >= 11 is 6.12. The van der Waals surface area contributed by atoms with Crippen molar-refractivity contribution in [2.24, 2.45) is 5.92 Å². The summed E-state index contributed by atoms with van der Waals surface area (Å²) in [6.45, 7) is 3.59. The Balaban J connectivity index is 1.31. The van der Waals surface area contributed by atoms with Gasteiger partial charge in [-0.15, -0.1) is 0 Å². The summed E-state index contributed by atoms with van der Waals surface area (Å²) in [4.78, 5) is 33.5. The Bertz CT molecular complexity index is 874. The van der Waals surface area contributed by atoms with Crippen LogP contribution in [0.25, 0.3) is 5.69 Å². The van der Waals surface area contributed by atoms with Gasteiger partial charge in [0, 0.05) is 24.0 Å². The van der Waals surface area contributed by atoms with Crippen LogP contribution < -0.4 is 5.32 Å². The Morgan fingerprint density at radius 2 is 1.87 bits per heavy atom. The van der Waals surface area contributed by atoms with E-state index in [2.05, 4.69) is 20.3 Å². The van der Waals surface area contributed by atoms with Crippen molar-refractivity contribution >= 4 is 29.1 Å². The first-order valence-corrected chi connectivity index (χ1v) is 10.9. The highest BCUT2D eigenvalue weighted by Gasteiger charge is 2.29. The fourth-order valence-electron chi connectivity index (χ4n) is 4.24. The lowest BCUT2D eigenvalue weighted by molar-refractivity contribution is -0.138. The van der Waals surface area contributed by atoms with E-state index in [1.54, 1.807) is 29.2 Å². The van der Waals surface area contributed by atoms with Gasteiger partial charge in [-0.1, -0.05) is 11.6 Å². The topological polar surface area (TPSA) is 83.4 Å². The van der Waals surface area contributed by atoms with Gasteiger partial charge in [0.1, 0.15) is 12.7 Å². The summed E-state index contributed by atoms with van der Waals surface area (Å²) in [7, 11) is 0. The van der Waals surface area contributed by atoms with Crippen LogP contribution >= 0.6 is 11.6 Å². The zero-order valence-corrected chi connectivity index (χ0v) is 17.7. The van der Waals surface area contributed by atoms with E-state index in [1.807, 2.05) is 4.90 Å². The Morgan fingerprint density at radius 3 is 2.57 bits per heavy atom. The van der Waals surface area contributed by atoms with Crippen LogP contribution in [0.1, 0.15) is 32.1 Å². The highest BCUT2D eigenvalue weighted by atomic mass is 35.5. The number of hydrogen-bond acceptors (Lipinski definition) is 5. The molecule has 9 heteroatoms. The minimum atomic E-state index is -0.112. The van der Waals surface area contributed by atoms with Gasteiger partial charge < -0.3 is 10.2 Å². The van der Waals surface area contributed by atoms with Gasteiger partial charge in [-0.25, -0.2) is 9.67 Å². The molecule has 30 heavy (non-hydrogen) atoms. The lowest BCUT2D eigenvalue weighted by atomic mass is 9.94. The van der Waals surface area contributed by atoms with Gasteiger partial charge in [0.25, 0.3) is 0 Å². The van der Waals surface area contributed by atoms with E-state index < -0.39 is 0 Å². The maximum absolute atomic E-state index is 12.7. The van der Waals surface area contributed by atoms with Crippen LogP contribution in [0.3, 0.4) is 0 Å².